The van der Waals surface area contributed by atoms with Crippen LogP contribution in [0, 0.1) is 0 Å². The lowest BCUT2D eigenvalue weighted by molar-refractivity contribution is 1.07. The van der Waals surface area contributed by atoms with Crippen LogP contribution in [0.5, 0.6) is 0 Å². The average molecular weight is 805 g/mol. The van der Waals surface area contributed by atoms with Crippen LogP contribution in [0.2, 0.25) is 0 Å². The Labute approximate surface area is 362 Å². The first kappa shape index (κ1) is 35.2. The van der Waals surface area contributed by atoms with E-state index < -0.39 is 0 Å². The van der Waals surface area contributed by atoms with Crippen LogP contribution in [-0.2, 0) is 0 Å². The topological polar surface area (TPSA) is 53.5 Å². The zero-order valence-corrected chi connectivity index (χ0v) is 34.0. The van der Waals surface area contributed by atoms with Crippen LogP contribution in [0.1, 0.15) is 0 Å². The molecule has 0 spiro atoms. The van der Waals surface area contributed by atoms with Crippen molar-refractivity contribution in [2.24, 2.45) is 0 Å². The fourth-order valence-electron chi connectivity index (χ4n) is 9.67. The van der Waals surface area contributed by atoms with Gasteiger partial charge in [0, 0.05) is 66.1 Å². The van der Waals surface area contributed by atoms with Gasteiger partial charge >= 0.3 is 0 Å². The highest BCUT2D eigenvalue weighted by molar-refractivity contribution is 6.26. The Kier molecular flexibility index (Phi) is 7.80. The lowest BCUT2D eigenvalue weighted by Gasteiger charge is -2.12. The number of para-hydroxylation sites is 4. The number of rotatable bonds is 6. The van der Waals surface area contributed by atoms with Gasteiger partial charge in [0.15, 0.2) is 17.5 Å². The zero-order valence-electron chi connectivity index (χ0n) is 34.0. The summed E-state index contributed by atoms with van der Waals surface area (Å²) in [6, 6.07) is 77.4. The van der Waals surface area contributed by atoms with E-state index in [1.165, 1.54) is 48.9 Å². The molecule has 294 valence electrons. The van der Waals surface area contributed by atoms with Gasteiger partial charge in [0.2, 0.25) is 0 Å². The Morgan fingerprint density at radius 3 is 1.11 bits per heavy atom. The smallest absolute Gasteiger partial charge is 0.164 e. The van der Waals surface area contributed by atoms with E-state index in [4.69, 9.17) is 15.0 Å². The molecule has 0 radical (unpaired) electrons. The fourth-order valence-corrected chi connectivity index (χ4v) is 9.67. The van der Waals surface area contributed by atoms with E-state index in [-0.39, 0.29) is 0 Å². The number of hydrogen-bond donors (Lipinski definition) is 0. The molecule has 4 aromatic heterocycles. The number of fused-ring (bicyclic) bond motifs is 10. The van der Waals surface area contributed by atoms with E-state index in [0.717, 1.165) is 50.3 Å². The van der Waals surface area contributed by atoms with Crippen molar-refractivity contribution in [2.45, 2.75) is 0 Å². The van der Waals surface area contributed by atoms with Crippen molar-refractivity contribution in [1.29, 1.82) is 0 Å². The normalized spacial score (nSPS) is 11.8. The molecule has 0 aliphatic rings. The predicted octanol–water partition coefficient (Wildman–Crippen LogP) is 14.2. The minimum atomic E-state index is 0.631. The summed E-state index contributed by atoms with van der Waals surface area (Å²) in [4.78, 5) is 14.9. The van der Waals surface area contributed by atoms with Crippen molar-refractivity contribution in [3.05, 3.63) is 218 Å². The van der Waals surface area contributed by atoms with Crippen molar-refractivity contribution in [2.75, 3.05) is 0 Å². The quantitative estimate of drug-likeness (QED) is 0.168. The number of nitrogens with zero attached hydrogens (tertiary/aromatic N) is 6. The van der Waals surface area contributed by atoms with Gasteiger partial charge in [-0.2, -0.15) is 0 Å². The first-order chi connectivity index (χ1) is 31.3. The molecule has 0 aliphatic carbocycles. The molecule has 0 atom stereocenters. The van der Waals surface area contributed by atoms with Crippen molar-refractivity contribution in [1.82, 2.24) is 28.7 Å². The van der Waals surface area contributed by atoms with Crippen LogP contribution in [0.15, 0.2) is 218 Å². The molecule has 0 N–H and O–H groups in total. The molecule has 6 heteroatoms. The summed E-state index contributed by atoms with van der Waals surface area (Å²) in [7, 11) is 0. The second-order valence-electron chi connectivity index (χ2n) is 16.0. The van der Waals surface area contributed by atoms with Gasteiger partial charge in [0.25, 0.3) is 0 Å². The second-order valence-corrected chi connectivity index (χ2v) is 16.0. The van der Waals surface area contributed by atoms with E-state index in [1.54, 1.807) is 0 Å². The largest absolute Gasteiger partial charge is 0.309 e. The summed E-state index contributed by atoms with van der Waals surface area (Å²) < 4.78 is 7.32. The summed E-state index contributed by atoms with van der Waals surface area (Å²) in [5.74, 6) is 1.92. The molecule has 0 unspecified atom stereocenters. The minimum Gasteiger partial charge on any atom is -0.309 e. The van der Waals surface area contributed by atoms with E-state index in [1.807, 2.05) is 60.7 Å². The molecule has 13 rings (SSSR count). The van der Waals surface area contributed by atoms with Gasteiger partial charge in [0.1, 0.15) is 0 Å². The Balaban J connectivity index is 1.05. The predicted molar refractivity (Wildman–Crippen MR) is 259 cm³/mol. The Bertz CT molecular complexity index is 3810. The zero-order chi connectivity index (χ0) is 41.4. The molecule has 13 aromatic rings. The molecule has 63 heavy (non-hydrogen) atoms. The van der Waals surface area contributed by atoms with Crippen molar-refractivity contribution in [3.63, 3.8) is 0 Å². The van der Waals surface area contributed by atoms with Gasteiger partial charge in [-0.3, -0.25) is 0 Å². The van der Waals surface area contributed by atoms with Crippen molar-refractivity contribution >= 4 is 65.4 Å². The highest BCUT2D eigenvalue weighted by Gasteiger charge is 2.23. The maximum atomic E-state index is 5.01. The van der Waals surface area contributed by atoms with Crippen molar-refractivity contribution < 1.29 is 0 Å². The molecule has 0 saturated heterocycles. The van der Waals surface area contributed by atoms with E-state index >= 15 is 0 Å². The Hall–Kier alpha value is -8.61. The third-order valence-corrected chi connectivity index (χ3v) is 12.5. The summed E-state index contributed by atoms with van der Waals surface area (Å²) >= 11 is 0. The van der Waals surface area contributed by atoms with Gasteiger partial charge in [-0.25, -0.2) is 15.0 Å². The molecule has 0 amide bonds. The number of hydrogen-bond acceptors (Lipinski definition) is 3. The van der Waals surface area contributed by atoms with Crippen LogP contribution in [0.25, 0.3) is 117 Å². The van der Waals surface area contributed by atoms with Crippen LogP contribution >= 0.6 is 0 Å². The number of aromatic nitrogens is 6. The molecule has 0 bridgehead atoms. The van der Waals surface area contributed by atoms with Crippen LogP contribution < -0.4 is 0 Å². The van der Waals surface area contributed by atoms with E-state index in [9.17, 15) is 0 Å². The maximum absolute atomic E-state index is 5.01. The summed E-state index contributed by atoms with van der Waals surface area (Å²) in [5, 5.41) is 7.25. The Morgan fingerprint density at radius 1 is 0.238 bits per heavy atom. The van der Waals surface area contributed by atoms with Gasteiger partial charge in [-0.1, -0.05) is 146 Å². The monoisotopic (exact) mass is 804 g/mol. The first-order valence-electron chi connectivity index (χ1n) is 21.3. The van der Waals surface area contributed by atoms with E-state index in [2.05, 4.69) is 171 Å². The van der Waals surface area contributed by atoms with Crippen LogP contribution in [0.4, 0.5) is 0 Å². The molecule has 6 nitrogen and oxygen atoms in total. The highest BCUT2D eigenvalue weighted by Crippen LogP contribution is 2.44. The van der Waals surface area contributed by atoms with Gasteiger partial charge in [-0.15, -0.1) is 0 Å². The number of benzene rings is 9. The summed E-state index contributed by atoms with van der Waals surface area (Å²) in [5.41, 5.74) is 13.1. The molecule has 0 saturated carbocycles. The average Bonchev–Trinajstić information content (AvgIpc) is 3.99. The lowest BCUT2D eigenvalue weighted by atomic mass is 10.1. The van der Waals surface area contributed by atoms with Gasteiger partial charge < -0.3 is 13.7 Å². The molecule has 4 heterocycles. The van der Waals surface area contributed by atoms with Crippen molar-refractivity contribution in [3.8, 4) is 51.2 Å². The minimum absolute atomic E-state index is 0.631. The molecular weight excluding hydrogens is 769 g/mol. The van der Waals surface area contributed by atoms with E-state index in [0.29, 0.717) is 17.5 Å². The molecular formula is C57H36N6. The molecule has 0 fully saturated rings. The SMILES string of the molecule is c1ccc(-c2nc(-c3ccccc3)nc(-c3ccc(-n4c5ccccc5c5cc6c(cc54)c4ccc5c7ccccc7n(-c7ccccc7)c5c4n6-c4ccccc4)cc3)n2)cc1. The molecule has 9 aromatic carbocycles. The second kappa shape index (κ2) is 14.0. The van der Waals surface area contributed by atoms with Gasteiger partial charge in [-0.05, 0) is 72.8 Å². The molecule has 0 aliphatic heterocycles. The fraction of sp³-hybridized carbons (Fsp3) is 0. The standard InChI is InChI=1S/C57H36N6/c1-5-17-37(18-6-1)55-58-56(38-19-7-2-8-20-38)60-57(59-55)39-29-31-42(32-30-39)61-49-27-15-14-26-44(49)47-35-52-48(36-51(47)61)46-34-33-45-43-25-13-16-28-50(43)62(40-21-9-3-10-22-40)53(45)54(46)63(52)41-23-11-4-12-24-41/h1-36H. The highest BCUT2D eigenvalue weighted by atomic mass is 15.1. The van der Waals surface area contributed by atoms with Crippen LogP contribution in [-0.4, -0.2) is 28.7 Å². The Morgan fingerprint density at radius 2 is 0.587 bits per heavy atom. The third-order valence-electron chi connectivity index (χ3n) is 12.5. The first-order valence-corrected chi connectivity index (χ1v) is 21.3. The van der Waals surface area contributed by atoms with Gasteiger partial charge in [0.05, 0.1) is 33.1 Å². The summed E-state index contributed by atoms with van der Waals surface area (Å²) in [6.07, 6.45) is 0. The summed E-state index contributed by atoms with van der Waals surface area (Å²) in [6.45, 7) is 0. The maximum Gasteiger partial charge on any atom is 0.164 e. The third kappa shape index (κ3) is 5.48. The van der Waals surface area contributed by atoms with Crippen LogP contribution in [0.3, 0.4) is 0 Å². The lowest BCUT2D eigenvalue weighted by Crippen LogP contribution is -2.00.